The normalized spacial score (nSPS) is 13.8. The molecule has 2 aromatic heterocycles. The van der Waals surface area contributed by atoms with E-state index in [9.17, 15) is 4.79 Å². The minimum Gasteiger partial charge on any atom is -0.424 e. The summed E-state index contributed by atoms with van der Waals surface area (Å²) >= 11 is 0. The molecule has 160 valence electrons. The van der Waals surface area contributed by atoms with Crippen LogP contribution in [0.1, 0.15) is 16.2 Å². The second kappa shape index (κ2) is 8.95. The van der Waals surface area contributed by atoms with Crippen molar-refractivity contribution >= 4 is 17.5 Å². The lowest BCUT2D eigenvalue weighted by Gasteiger charge is -2.35. The first-order chi connectivity index (χ1) is 15.0. The quantitative estimate of drug-likeness (QED) is 0.623. The van der Waals surface area contributed by atoms with Crippen LogP contribution in [0, 0.1) is 6.92 Å². The van der Waals surface area contributed by atoms with Gasteiger partial charge in [0.05, 0.1) is 0 Å². The lowest BCUT2D eigenvalue weighted by atomic mass is 10.1. The van der Waals surface area contributed by atoms with Gasteiger partial charge in [-0.25, -0.2) is 19.9 Å². The Kier molecular flexibility index (Phi) is 5.92. The topological polar surface area (TPSA) is 87.6 Å². The molecule has 1 aromatic carbocycles. The third-order valence-electron chi connectivity index (χ3n) is 4.99. The number of amides is 1. The number of aromatic nitrogens is 4. The predicted octanol–water partition coefficient (Wildman–Crippen LogP) is 2.40. The fraction of sp³-hybridized carbons (Fsp3) is 0.318. The fourth-order valence-electron chi connectivity index (χ4n) is 3.39. The van der Waals surface area contributed by atoms with Gasteiger partial charge in [0, 0.05) is 64.3 Å². The van der Waals surface area contributed by atoms with Gasteiger partial charge < -0.3 is 19.4 Å². The summed E-state index contributed by atoms with van der Waals surface area (Å²) in [5.41, 5.74) is 0.578. The minimum absolute atomic E-state index is 0.0214. The zero-order valence-corrected chi connectivity index (χ0v) is 17.9. The smallest absolute Gasteiger partial charge is 0.321 e. The Hall–Kier alpha value is -3.75. The molecule has 0 saturated carbocycles. The van der Waals surface area contributed by atoms with Crippen molar-refractivity contribution in [1.29, 1.82) is 0 Å². The van der Waals surface area contributed by atoms with Gasteiger partial charge in [0.25, 0.3) is 5.91 Å². The van der Waals surface area contributed by atoms with Gasteiger partial charge in [-0.2, -0.15) is 0 Å². The number of aryl methyl sites for hydroxylation is 1. The van der Waals surface area contributed by atoms with Crippen LogP contribution in [0.3, 0.4) is 0 Å². The highest BCUT2D eigenvalue weighted by molar-refractivity contribution is 5.94. The van der Waals surface area contributed by atoms with Crippen molar-refractivity contribution in [3.05, 3.63) is 60.2 Å². The van der Waals surface area contributed by atoms with Crippen molar-refractivity contribution in [2.75, 3.05) is 50.1 Å². The highest BCUT2D eigenvalue weighted by atomic mass is 16.5. The fourth-order valence-corrected chi connectivity index (χ4v) is 3.39. The average molecular weight is 419 g/mol. The molecule has 3 aromatic rings. The van der Waals surface area contributed by atoms with Crippen LogP contribution in [0.15, 0.2) is 48.8 Å². The Bertz CT molecular complexity index is 1050. The van der Waals surface area contributed by atoms with Gasteiger partial charge in [-0.1, -0.05) is 6.07 Å². The summed E-state index contributed by atoms with van der Waals surface area (Å²) in [5.74, 6) is 3.01. The first-order valence-electron chi connectivity index (χ1n) is 10.1. The van der Waals surface area contributed by atoms with E-state index in [0.29, 0.717) is 37.5 Å². The van der Waals surface area contributed by atoms with E-state index >= 15 is 0 Å². The van der Waals surface area contributed by atoms with Gasteiger partial charge in [-0.3, -0.25) is 4.79 Å². The van der Waals surface area contributed by atoms with Crippen LogP contribution in [0.2, 0.25) is 0 Å². The van der Waals surface area contributed by atoms with Crippen LogP contribution in [-0.2, 0) is 0 Å². The van der Waals surface area contributed by atoms with Crippen LogP contribution >= 0.6 is 0 Å². The van der Waals surface area contributed by atoms with Crippen molar-refractivity contribution in [3.63, 3.8) is 0 Å². The molecule has 1 aliphatic rings. The Morgan fingerprint density at radius 2 is 1.74 bits per heavy atom. The first kappa shape index (κ1) is 20.5. The number of piperazine rings is 1. The molecular weight excluding hydrogens is 394 g/mol. The number of hydrogen-bond donors (Lipinski definition) is 0. The summed E-state index contributed by atoms with van der Waals surface area (Å²) in [6, 6.07) is 11.1. The van der Waals surface area contributed by atoms with E-state index in [2.05, 4.69) is 24.8 Å². The second-order valence-electron chi connectivity index (χ2n) is 7.47. The number of anilines is 2. The molecule has 9 heteroatoms. The monoisotopic (exact) mass is 419 g/mol. The maximum absolute atomic E-state index is 13.0. The predicted molar refractivity (Wildman–Crippen MR) is 118 cm³/mol. The SMILES string of the molecule is Cc1nc(N(C)C)cc(N2CCN(C(=O)c3cccc(Oc4ncccn4)c3)CC2)n1. The van der Waals surface area contributed by atoms with Crippen LogP contribution in [0.4, 0.5) is 11.6 Å². The molecule has 1 saturated heterocycles. The van der Waals surface area contributed by atoms with Crippen molar-refractivity contribution in [2.24, 2.45) is 0 Å². The molecule has 9 nitrogen and oxygen atoms in total. The van der Waals surface area contributed by atoms with E-state index in [4.69, 9.17) is 4.74 Å². The lowest BCUT2D eigenvalue weighted by Crippen LogP contribution is -2.49. The standard InChI is InChI=1S/C22H25N7O2/c1-16-25-19(27(2)3)15-20(26-16)28-10-12-29(13-11-28)21(30)17-6-4-7-18(14-17)31-22-23-8-5-9-24-22/h4-9,14-15H,10-13H2,1-3H3. The van der Waals surface area contributed by atoms with Gasteiger partial charge in [0.15, 0.2) is 0 Å². The summed E-state index contributed by atoms with van der Waals surface area (Å²) in [6.45, 7) is 4.55. The van der Waals surface area contributed by atoms with E-state index in [-0.39, 0.29) is 11.9 Å². The molecule has 1 amide bonds. The van der Waals surface area contributed by atoms with Crippen molar-refractivity contribution in [3.8, 4) is 11.8 Å². The molecule has 0 bridgehead atoms. The third-order valence-corrected chi connectivity index (χ3v) is 4.99. The number of rotatable bonds is 5. The van der Waals surface area contributed by atoms with Crippen molar-refractivity contribution < 1.29 is 9.53 Å². The van der Waals surface area contributed by atoms with Gasteiger partial charge >= 0.3 is 6.01 Å². The highest BCUT2D eigenvalue weighted by Gasteiger charge is 2.24. The van der Waals surface area contributed by atoms with Crippen LogP contribution in [0.25, 0.3) is 0 Å². The number of hydrogen-bond acceptors (Lipinski definition) is 8. The van der Waals surface area contributed by atoms with Gasteiger partial charge in [-0.15, -0.1) is 0 Å². The second-order valence-corrected chi connectivity index (χ2v) is 7.47. The van der Waals surface area contributed by atoms with Gasteiger partial charge in [0.1, 0.15) is 23.2 Å². The molecule has 31 heavy (non-hydrogen) atoms. The van der Waals surface area contributed by atoms with Crippen LogP contribution < -0.4 is 14.5 Å². The zero-order chi connectivity index (χ0) is 21.8. The van der Waals surface area contributed by atoms with Crippen molar-refractivity contribution in [2.45, 2.75) is 6.92 Å². The van der Waals surface area contributed by atoms with E-state index in [0.717, 1.165) is 17.5 Å². The zero-order valence-electron chi connectivity index (χ0n) is 17.9. The number of carbonyl (C=O) groups excluding carboxylic acids is 1. The Balaban J connectivity index is 1.41. The summed E-state index contributed by atoms with van der Waals surface area (Å²) in [5, 5.41) is 0. The molecule has 3 heterocycles. The Morgan fingerprint density at radius 3 is 2.45 bits per heavy atom. The van der Waals surface area contributed by atoms with Gasteiger partial charge in [-0.05, 0) is 31.2 Å². The largest absolute Gasteiger partial charge is 0.424 e. The molecule has 0 unspecified atom stereocenters. The van der Waals surface area contributed by atoms with E-state index in [1.54, 1.807) is 42.7 Å². The van der Waals surface area contributed by atoms with Crippen molar-refractivity contribution in [1.82, 2.24) is 24.8 Å². The third kappa shape index (κ3) is 4.88. The number of nitrogens with zero attached hydrogens (tertiary/aromatic N) is 7. The van der Waals surface area contributed by atoms with E-state index < -0.39 is 0 Å². The highest BCUT2D eigenvalue weighted by Crippen LogP contribution is 2.22. The Labute approximate surface area is 181 Å². The van der Waals surface area contributed by atoms with E-state index in [1.165, 1.54) is 0 Å². The average Bonchev–Trinajstić information content (AvgIpc) is 2.79. The Morgan fingerprint density at radius 1 is 1.00 bits per heavy atom. The first-order valence-corrected chi connectivity index (χ1v) is 10.1. The molecule has 0 radical (unpaired) electrons. The summed E-state index contributed by atoms with van der Waals surface area (Å²) in [4.78, 5) is 36.2. The minimum atomic E-state index is -0.0214. The number of ether oxygens (including phenoxy) is 1. The van der Waals surface area contributed by atoms with E-state index in [1.807, 2.05) is 36.9 Å². The number of benzene rings is 1. The molecular formula is C22H25N7O2. The molecule has 0 N–H and O–H groups in total. The molecule has 0 aliphatic carbocycles. The van der Waals surface area contributed by atoms with Gasteiger partial charge in [0.2, 0.25) is 0 Å². The molecule has 1 aliphatic heterocycles. The maximum atomic E-state index is 13.0. The molecule has 0 atom stereocenters. The summed E-state index contributed by atoms with van der Waals surface area (Å²) < 4.78 is 5.65. The molecule has 1 fully saturated rings. The lowest BCUT2D eigenvalue weighted by molar-refractivity contribution is 0.0746. The molecule has 0 spiro atoms. The van der Waals surface area contributed by atoms with Crippen LogP contribution in [-0.4, -0.2) is 71.0 Å². The van der Waals surface area contributed by atoms with Crippen LogP contribution in [0.5, 0.6) is 11.8 Å². The number of carbonyl (C=O) groups is 1. The molecule has 4 rings (SSSR count). The maximum Gasteiger partial charge on any atom is 0.321 e. The summed E-state index contributed by atoms with van der Waals surface area (Å²) in [7, 11) is 3.92. The summed E-state index contributed by atoms with van der Waals surface area (Å²) in [6.07, 6.45) is 3.22.